The molecule has 1 atom stereocenters. The van der Waals surface area contributed by atoms with Crippen LogP contribution in [0.2, 0.25) is 10.0 Å². The van der Waals surface area contributed by atoms with E-state index in [-0.39, 0.29) is 6.04 Å². The highest BCUT2D eigenvalue weighted by molar-refractivity contribution is 6.35. The van der Waals surface area contributed by atoms with Crippen LogP contribution in [0.1, 0.15) is 18.5 Å². The van der Waals surface area contributed by atoms with Crippen molar-refractivity contribution in [1.82, 2.24) is 10.4 Å². The number of rotatable bonds is 3. The topological polar surface area (TPSA) is 24.5 Å². The van der Waals surface area contributed by atoms with E-state index in [1.54, 1.807) is 6.07 Å². The van der Waals surface area contributed by atoms with Crippen molar-refractivity contribution < 1.29 is 4.74 Å². The van der Waals surface area contributed by atoms with Gasteiger partial charge in [0, 0.05) is 29.2 Å². The minimum atomic E-state index is 0.165. The predicted octanol–water partition coefficient (Wildman–Crippen LogP) is 2.89. The molecule has 0 aliphatic carbocycles. The molecular formula is C12H16Cl2N2O. The molecule has 5 heteroatoms. The highest BCUT2D eigenvalue weighted by atomic mass is 35.5. The lowest BCUT2D eigenvalue weighted by molar-refractivity contribution is 0.00485. The third-order valence-electron chi connectivity index (χ3n) is 2.82. The van der Waals surface area contributed by atoms with Gasteiger partial charge in [-0.1, -0.05) is 29.3 Å². The second-order valence-electron chi connectivity index (χ2n) is 4.12. The number of benzene rings is 1. The predicted molar refractivity (Wildman–Crippen MR) is 70.4 cm³/mol. The molecule has 0 bridgehead atoms. The fourth-order valence-corrected chi connectivity index (χ4v) is 2.46. The molecular weight excluding hydrogens is 259 g/mol. The van der Waals surface area contributed by atoms with E-state index in [2.05, 4.69) is 17.4 Å². The molecule has 1 aromatic rings. The van der Waals surface area contributed by atoms with Crippen LogP contribution in [0.4, 0.5) is 0 Å². The molecule has 1 fully saturated rings. The highest BCUT2D eigenvalue weighted by Gasteiger charge is 2.15. The lowest BCUT2D eigenvalue weighted by atomic mass is 10.1. The Morgan fingerprint density at radius 3 is 2.65 bits per heavy atom. The van der Waals surface area contributed by atoms with E-state index >= 15 is 0 Å². The number of nitrogens with one attached hydrogen (secondary N) is 1. The SMILES string of the molecule is CC(NN1CCOCC1)c1ccc(Cl)cc1Cl. The van der Waals surface area contributed by atoms with E-state index in [1.165, 1.54) is 0 Å². The third kappa shape index (κ3) is 3.57. The van der Waals surface area contributed by atoms with E-state index in [1.807, 2.05) is 12.1 Å². The zero-order valence-corrected chi connectivity index (χ0v) is 11.3. The summed E-state index contributed by atoms with van der Waals surface area (Å²) in [7, 11) is 0. The lowest BCUT2D eigenvalue weighted by Gasteiger charge is -2.30. The van der Waals surface area contributed by atoms with E-state index in [0.29, 0.717) is 10.0 Å². The van der Waals surface area contributed by atoms with Crippen LogP contribution in [0.3, 0.4) is 0 Å². The second kappa shape index (κ2) is 6.03. The summed E-state index contributed by atoms with van der Waals surface area (Å²) in [5, 5.41) is 3.53. The van der Waals surface area contributed by atoms with Gasteiger partial charge >= 0.3 is 0 Å². The summed E-state index contributed by atoms with van der Waals surface area (Å²) in [6.07, 6.45) is 0. The summed E-state index contributed by atoms with van der Waals surface area (Å²) in [6.45, 7) is 5.43. The average molecular weight is 275 g/mol. The van der Waals surface area contributed by atoms with E-state index in [4.69, 9.17) is 27.9 Å². The van der Waals surface area contributed by atoms with Crippen LogP contribution in [0.15, 0.2) is 18.2 Å². The normalized spacial score (nSPS) is 19.2. The fourth-order valence-electron chi connectivity index (χ4n) is 1.89. The fraction of sp³-hybridized carbons (Fsp3) is 0.500. The second-order valence-corrected chi connectivity index (χ2v) is 4.96. The number of hydrogen-bond acceptors (Lipinski definition) is 3. The minimum absolute atomic E-state index is 0.165. The highest BCUT2D eigenvalue weighted by Crippen LogP contribution is 2.26. The van der Waals surface area contributed by atoms with Crippen LogP contribution in [-0.4, -0.2) is 31.3 Å². The Morgan fingerprint density at radius 1 is 1.29 bits per heavy atom. The molecule has 3 nitrogen and oxygen atoms in total. The van der Waals surface area contributed by atoms with Crippen molar-refractivity contribution in [3.63, 3.8) is 0 Å². The molecule has 1 aliphatic rings. The Hall–Kier alpha value is -0.320. The molecule has 17 heavy (non-hydrogen) atoms. The number of morpholine rings is 1. The Balaban J connectivity index is 2.00. The van der Waals surface area contributed by atoms with Gasteiger partial charge in [-0.2, -0.15) is 0 Å². The van der Waals surface area contributed by atoms with Gasteiger partial charge in [-0.25, -0.2) is 10.4 Å². The van der Waals surface area contributed by atoms with Crippen molar-refractivity contribution in [3.8, 4) is 0 Å². The van der Waals surface area contributed by atoms with Crippen LogP contribution in [0, 0.1) is 0 Å². The standard InChI is InChI=1S/C12H16Cl2N2O/c1-9(15-16-4-6-17-7-5-16)11-3-2-10(13)8-12(11)14/h2-3,8-9,15H,4-7H2,1H3. The van der Waals surface area contributed by atoms with Gasteiger partial charge in [0.2, 0.25) is 0 Å². The Kier molecular flexibility index (Phi) is 4.65. The first kappa shape index (κ1) is 13.1. The summed E-state index contributed by atoms with van der Waals surface area (Å²) in [5.41, 5.74) is 4.48. The number of halogens is 2. The molecule has 0 spiro atoms. The van der Waals surface area contributed by atoms with Crippen LogP contribution in [0.5, 0.6) is 0 Å². The first-order valence-corrected chi connectivity index (χ1v) is 6.46. The summed E-state index contributed by atoms with van der Waals surface area (Å²) in [5.74, 6) is 0. The smallest absolute Gasteiger partial charge is 0.0608 e. The summed E-state index contributed by atoms with van der Waals surface area (Å²) in [4.78, 5) is 0. The summed E-state index contributed by atoms with van der Waals surface area (Å²) in [6, 6.07) is 5.76. The molecule has 1 aliphatic heterocycles. The molecule has 0 amide bonds. The molecule has 1 unspecified atom stereocenters. The Bertz CT molecular complexity index is 381. The van der Waals surface area contributed by atoms with Gasteiger partial charge in [-0.05, 0) is 24.6 Å². The molecule has 1 saturated heterocycles. The molecule has 0 saturated carbocycles. The van der Waals surface area contributed by atoms with Gasteiger partial charge < -0.3 is 4.74 Å². The maximum atomic E-state index is 6.17. The van der Waals surface area contributed by atoms with Gasteiger partial charge in [0.1, 0.15) is 0 Å². The number of nitrogens with zero attached hydrogens (tertiary/aromatic N) is 1. The van der Waals surface area contributed by atoms with Crippen molar-refractivity contribution >= 4 is 23.2 Å². The van der Waals surface area contributed by atoms with E-state index in [9.17, 15) is 0 Å². The minimum Gasteiger partial charge on any atom is -0.379 e. The molecule has 1 N–H and O–H groups in total. The maximum Gasteiger partial charge on any atom is 0.0608 e. The van der Waals surface area contributed by atoms with Gasteiger partial charge in [0.25, 0.3) is 0 Å². The molecule has 1 aromatic carbocycles. The van der Waals surface area contributed by atoms with Crippen LogP contribution >= 0.6 is 23.2 Å². The maximum absolute atomic E-state index is 6.17. The molecule has 2 rings (SSSR count). The van der Waals surface area contributed by atoms with Gasteiger partial charge in [-0.15, -0.1) is 0 Å². The molecule has 0 radical (unpaired) electrons. The van der Waals surface area contributed by atoms with Crippen molar-refractivity contribution in [3.05, 3.63) is 33.8 Å². The quantitative estimate of drug-likeness (QED) is 0.918. The lowest BCUT2D eigenvalue weighted by Crippen LogP contribution is -2.46. The first-order chi connectivity index (χ1) is 8.16. The number of hydrazine groups is 1. The van der Waals surface area contributed by atoms with Crippen molar-refractivity contribution in [2.24, 2.45) is 0 Å². The Labute approximate surface area is 112 Å². The first-order valence-electron chi connectivity index (χ1n) is 5.70. The van der Waals surface area contributed by atoms with Crippen molar-refractivity contribution in [2.45, 2.75) is 13.0 Å². The van der Waals surface area contributed by atoms with Crippen molar-refractivity contribution in [1.29, 1.82) is 0 Å². The average Bonchev–Trinajstić information content (AvgIpc) is 2.30. The molecule has 0 aromatic heterocycles. The van der Waals surface area contributed by atoms with Crippen molar-refractivity contribution in [2.75, 3.05) is 26.3 Å². The van der Waals surface area contributed by atoms with Gasteiger partial charge in [-0.3, -0.25) is 0 Å². The molecule has 94 valence electrons. The number of hydrogen-bond donors (Lipinski definition) is 1. The monoisotopic (exact) mass is 274 g/mol. The van der Waals surface area contributed by atoms with Crippen LogP contribution in [0.25, 0.3) is 0 Å². The summed E-state index contributed by atoms with van der Waals surface area (Å²) < 4.78 is 5.30. The molecule has 1 heterocycles. The summed E-state index contributed by atoms with van der Waals surface area (Å²) >= 11 is 12.1. The zero-order valence-electron chi connectivity index (χ0n) is 9.75. The van der Waals surface area contributed by atoms with E-state index in [0.717, 1.165) is 31.9 Å². The zero-order chi connectivity index (χ0) is 12.3. The van der Waals surface area contributed by atoms with E-state index < -0.39 is 0 Å². The van der Waals surface area contributed by atoms with Gasteiger partial charge in [0.05, 0.1) is 13.2 Å². The third-order valence-corrected chi connectivity index (χ3v) is 3.38. The Morgan fingerprint density at radius 2 is 2.00 bits per heavy atom. The van der Waals surface area contributed by atoms with Crippen LogP contribution < -0.4 is 5.43 Å². The van der Waals surface area contributed by atoms with Gasteiger partial charge in [0.15, 0.2) is 0 Å². The largest absolute Gasteiger partial charge is 0.379 e. The number of ether oxygens (including phenoxy) is 1. The van der Waals surface area contributed by atoms with Crippen LogP contribution in [-0.2, 0) is 4.74 Å².